The van der Waals surface area contributed by atoms with E-state index in [0.29, 0.717) is 5.56 Å². The van der Waals surface area contributed by atoms with Gasteiger partial charge < -0.3 is 24.1 Å². The van der Waals surface area contributed by atoms with Gasteiger partial charge in [-0.15, -0.1) is 0 Å². The number of benzene rings is 2. The number of aliphatic hydroxyl groups excluding tert-OH is 1. The molecule has 0 bridgehead atoms. The fraction of sp³-hybridized carbons (Fsp3) is 0.348. The number of aryl methyl sites for hydroxylation is 2. The third kappa shape index (κ3) is 5.68. The SMILES string of the molecule is CC(=O)O[C@@H]1[C@@H](OC(=O)c2ccc(C)cc2)[C@@H](COC(=O)c2ccc(C)cc2)O[C@@H]1O. The number of esters is 3. The van der Waals surface area contributed by atoms with Crippen LogP contribution in [0.1, 0.15) is 38.8 Å². The number of rotatable bonds is 6. The molecule has 0 unspecified atom stereocenters. The number of aliphatic hydroxyl groups is 1. The Morgan fingerprint density at radius 2 is 1.35 bits per heavy atom. The molecular formula is C23H24O8. The molecule has 164 valence electrons. The van der Waals surface area contributed by atoms with Gasteiger partial charge in [-0.25, -0.2) is 9.59 Å². The summed E-state index contributed by atoms with van der Waals surface area (Å²) in [6.45, 7) is 4.63. The highest BCUT2D eigenvalue weighted by Gasteiger charge is 2.49. The van der Waals surface area contributed by atoms with Crippen LogP contribution < -0.4 is 0 Å². The van der Waals surface area contributed by atoms with Crippen LogP contribution in [-0.2, 0) is 23.7 Å². The van der Waals surface area contributed by atoms with Crippen molar-refractivity contribution < 1.29 is 38.4 Å². The van der Waals surface area contributed by atoms with E-state index in [9.17, 15) is 19.5 Å². The van der Waals surface area contributed by atoms with Gasteiger partial charge in [-0.05, 0) is 38.1 Å². The summed E-state index contributed by atoms with van der Waals surface area (Å²) in [5, 5.41) is 10.2. The molecule has 1 saturated heterocycles. The van der Waals surface area contributed by atoms with Crippen molar-refractivity contribution in [3.63, 3.8) is 0 Å². The first kappa shape index (κ1) is 22.5. The summed E-state index contributed by atoms with van der Waals surface area (Å²) in [5.74, 6) is -1.96. The summed E-state index contributed by atoms with van der Waals surface area (Å²) in [6, 6.07) is 13.5. The molecule has 8 nitrogen and oxygen atoms in total. The van der Waals surface area contributed by atoms with Gasteiger partial charge >= 0.3 is 17.9 Å². The Hall–Kier alpha value is -3.23. The lowest BCUT2D eigenvalue weighted by atomic mass is 10.1. The minimum atomic E-state index is -1.54. The van der Waals surface area contributed by atoms with Crippen LogP contribution in [0.5, 0.6) is 0 Å². The van der Waals surface area contributed by atoms with E-state index in [-0.39, 0.29) is 12.2 Å². The second kappa shape index (κ2) is 9.72. The monoisotopic (exact) mass is 428 g/mol. The van der Waals surface area contributed by atoms with Crippen LogP contribution in [0.4, 0.5) is 0 Å². The average molecular weight is 428 g/mol. The van der Waals surface area contributed by atoms with Crippen molar-refractivity contribution in [1.29, 1.82) is 0 Å². The lowest BCUT2D eigenvalue weighted by molar-refractivity contribution is -0.170. The lowest BCUT2D eigenvalue weighted by Gasteiger charge is -2.23. The van der Waals surface area contributed by atoms with E-state index >= 15 is 0 Å². The highest BCUT2D eigenvalue weighted by molar-refractivity contribution is 5.90. The molecule has 0 spiro atoms. The maximum atomic E-state index is 12.6. The first-order chi connectivity index (χ1) is 14.7. The first-order valence-corrected chi connectivity index (χ1v) is 9.77. The number of carbonyl (C=O) groups is 3. The van der Waals surface area contributed by atoms with E-state index in [1.165, 1.54) is 0 Å². The molecule has 4 atom stereocenters. The van der Waals surface area contributed by atoms with E-state index in [0.717, 1.165) is 18.1 Å². The summed E-state index contributed by atoms with van der Waals surface area (Å²) >= 11 is 0. The van der Waals surface area contributed by atoms with Crippen molar-refractivity contribution in [3.8, 4) is 0 Å². The molecular weight excluding hydrogens is 404 g/mol. The van der Waals surface area contributed by atoms with Crippen molar-refractivity contribution in [1.82, 2.24) is 0 Å². The Kier molecular flexibility index (Phi) is 7.04. The summed E-state index contributed by atoms with van der Waals surface area (Å²) in [5.41, 5.74) is 2.58. The number of carbonyl (C=O) groups excluding carboxylic acids is 3. The summed E-state index contributed by atoms with van der Waals surface area (Å²) < 4.78 is 21.2. The summed E-state index contributed by atoms with van der Waals surface area (Å²) in [4.78, 5) is 36.3. The van der Waals surface area contributed by atoms with Crippen molar-refractivity contribution in [2.75, 3.05) is 6.61 Å². The van der Waals surface area contributed by atoms with E-state index in [4.69, 9.17) is 18.9 Å². The summed E-state index contributed by atoms with van der Waals surface area (Å²) in [6.07, 6.45) is -4.99. The molecule has 1 N–H and O–H groups in total. The number of ether oxygens (including phenoxy) is 4. The van der Waals surface area contributed by atoms with Crippen LogP contribution in [0.15, 0.2) is 48.5 Å². The second-order valence-electron chi connectivity index (χ2n) is 7.34. The standard InChI is InChI=1S/C23H24O8/c1-13-4-8-16(9-5-13)21(25)28-12-18-19(20(23(27)30-18)29-15(3)24)31-22(26)17-10-6-14(2)7-11-17/h4-11,18-20,23,27H,12H2,1-3H3/t18-,19+,20-,23+/m1/s1. The molecule has 0 aliphatic carbocycles. The predicted octanol–water partition coefficient (Wildman–Crippen LogP) is 2.33. The Balaban J connectivity index is 1.72. The molecule has 1 aliphatic heterocycles. The third-order valence-electron chi connectivity index (χ3n) is 4.78. The van der Waals surface area contributed by atoms with Crippen LogP contribution in [0.25, 0.3) is 0 Å². The maximum Gasteiger partial charge on any atom is 0.338 e. The second-order valence-corrected chi connectivity index (χ2v) is 7.34. The van der Waals surface area contributed by atoms with Crippen LogP contribution in [0.2, 0.25) is 0 Å². The van der Waals surface area contributed by atoms with Gasteiger partial charge in [0.15, 0.2) is 18.5 Å². The Labute approximate surface area is 179 Å². The van der Waals surface area contributed by atoms with Gasteiger partial charge in [-0.2, -0.15) is 0 Å². The zero-order valence-corrected chi connectivity index (χ0v) is 17.4. The highest BCUT2D eigenvalue weighted by Crippen LogP contribution is 2.27. The molecule has 0 saturated carbocycles. The first-order valence-electron chi connectivity index (χ1n) is 9.77. The van der Waals surface area contributed by atoms with Crippen LogP contribution in [0.3, 0.4) is 0 Å². The molecule has 31 heavy (non-hydrogen) atoms. The maximum absolute atomic E-state index is 12.6. The lowest BCUT2D eigenvalue weighted by Crippen LogP contribution is -2.41. The molecule has 2 aromatic carbocycles. The average Bonchev–Trinajstić information content (AvgIpc) is 3.01. The minimum Gasteiger partial charge on any atom is -0.459 e. The van der Waals surface area contributed by atoms with Gasteiger partial charge in [-0.3, -0.25) is 4.79 Å². The normalized spacial score (nSPS) is 22.6. The Bertz CT molecular complexity index is 935. The summed E-state index contributed by atoms with van der Waals surface area (Å²) in [7, 11) is 0. The van der Waals surface area contributed by atoms with Gasteiger partial charge in [0.25, 0.3) is 0 Å². The van der Waals surface area contributed by atoms with Crippen LogP contribution >= 0.6 is 0 Å². The van der Waals surface area contributed by atoms with Crippen LogP contribution in [0, 0.1) is 13.8 Å². The zero-order chi connectivity index (χ0) is 22.5. The fourth-order valence-electron chi connectivity index (χ4n) is 3.11. The van der Waals surface area contributed by atoms with Crippen LogP contribution in [-0.4, -0.2) is 54.2 Å². The topological polar surface area (TPSA) is 108 Å². The molecule has 2 aromatic rings. The van der Waals surface area contributed by atoms with E-state index in [1.807, 2.05) is 13.8 Å². The van der Waals surface area contributed by atoms with Gasteiger partial charge in [0.05, 0.1) is 11.1 Å². The van der Waals surface area contributed by atoms with E-state index in [2.05, 4.69) is 0 Å². The van der Waals surface area contributed by atoms with Crippen molar-refractivity contribution in [3.05, 3.63) is 70.8 Å². The van der Waals surface area contributed by atoms with Gasteiger partial charge in [0.2, 0.25) is 0 Å². The molecule has 8 heteroatoms. The zero-order valence-electron chi connectivity index (χ0n) is 17.4. The number of hydrogen-bond donors (Lipinski definition) is 1. The number of hydrogen-bond acceptors (Lipinski definition) is 8. The highest BCUT2D eigenvalue weighted by atomic mass is 16.7. The molecule has 0 radical (unpaired) electrons. The smallest absolute Gasteiger partial charge is 0.338 e. The Morgan fingerprint density at radius 1 is 0.839 bits per heavy atom. The molecule has 3 rings (SSSR count). The largest absolute Gasteiger partial charge is 0.459 e. The van der Waals surface area contributed by atoms with E-state index in [1.54, 1.807) is 48.5 Å². The fourth-order valence-corrected chi connectivity index (χ4v) is 3.11. The molecule has 0 aromatic heterocycles. The third-order valence-corrected chi connectivity index (χ3v) is 4.78. The van der Waals surface area contributed by atoms with Gasteiger partial charge in [0.1, 0.15) is 12.7 Å². The molecule has 1 heterocycles. The Morgan fingerprint density at radius 3 is 1.87 bits per heavy atom. The minimum absolute atomic E-state index is 0.281. The molecule has 1 fully saturated rings. The van der Waals surface area contributed by atoms with Crippen molar-refractivity contribution >= 4 is 17.9 Å². The van der Waals surface area contributed by atoms with Gasteiger partial charge in [0, 0.05) is 6.92 Å². The van der Waals surface area contributed by atoms with Crippen molar-refractivity contribution in [2.24, 2.45) is 0 Å². The quantitative estimate of drug-likeness (QED) is 0.552. The van der Waals surface area contributed by atoms with E-state index < -0.39 is 42.5 Å². The van der Waals surface area contributed by atoms with Gasteiger partial charge in [-0.1, -0.05) is 35.4 Å². The molecule has 0 amide bonds. The predicted molar refractivity (Wildman–Crippen MR) is 108 cm³/mol. The van der Waals surface area contributed by atoms with Crippen molar-refractivity contribution in [2.45, 2.75) is 45.4 Å². The molecule has 1 aliphatic rings.